The first kappa shape index (κ1) is 18.8. The number of nitrogens with one attached hydrogen (secondary N) is 1. The molecular formula is C18H24FN3O3. The van der Waals surface area contributed by atoms with Gasteiger partial charge >= 0.3 is 0 Å². The summed E-state index contributed by atoms with van der Waals surface area (Å²) in [6.07, 6.45) is 0.602. The van der Waals surface area contributed by atoms with E-state index in [0.717, 1.165) is 17.0 Å². The van der Waals surface area contributed by atoms with Gasteiger partial charge in [0.2, 0.25) is 0 Å². The van der Waals surface area contributed by atoms with Crippen molar-refractivity contribution in [3.63, 3.8) is 0 Å². The van der Waals surface area contributed by atoms with E-state index in [9.17, 15) is 9.18 Å². The molecule has 1 aromatic heterocycles. The zero-order chi connectivity index (χ0) is 18.7. The number of aromatic nitrogens is 2. The van der Waals surface area contributed by atoms with Crippen molar-refractivity contribution in [2.24, 2.45) is 7.05 Å². The largest absolute Gasteiger partial charge is 0.493 e. The molecule has 7 heteroatoms. The normalized spacial score (nSPS) is 12.0. The molecule has 0 spiro atoms. The lowest BCUT2D eigenvalue weighted by Crippen LogP contribution is -2.35. The predicted octanol–water partition coefficient (Wildman–Crippen LogP) is 2.55. The van der Waals surface area contributed by atoms with Crippen molar-refractivity contribution in [3.05, 3.63) is 40.5 Å². The summed E-state index contributed by atoms with van der Waals surface area (Å²) in [5.74, 6) is -0.808. The lowest BCUT2D eigenvalue weighted by atomic mass is 10.0. The van der Waals surface area contributed by atoms with E-state index >= 15 is 0 Å². The first-order valence-electron chi connectivity index (χ1n) is 8.00. The van der Waals surface area contributed by atoms with Crippen molar-refractivity contribution in [3.8, 4) is 11.5 Å². The third-order valence-electron chi connectivity index (χ3n) is 4.27. The average molecular weight is 349 g/mol. The van der Waals surface area contributed by atoms with Gasteiger partial charge in [0.1, 0.15) is 11.4 Å². The van der Waals surface area contributed by atoms with Gasteiger partial charge in [-0.25, -0.2) is 4.39 Å². The van der Waals surface area contributed by atoms with E-state index in [0.29, 0.717) is 12.2 Å². The number of aryl methyl sites for hydroxylation is 2. The number of nitrogens with zero attached hydrogens (tertiary/aromatic N) is 2. The highest BCUT2D eigenvalue weighted by Gasteiger charge is 2.23. The highest BCUT2D eigenvalue weighted by molar-refractivity contribution is 5.98. The molecule has 1 aromatic carbocycles. The number of carbonyl (C=O) groups is 1. The van der Waals surface area contributed by atoms with Crippen molar-refractivity contribution >= 4 is 5.91 Å². The fraction of sp³-hybridized carbons (Fsp3) is 0.444. The number of ether oxygens (including phenoxy) is 2. The summed E-state index contributed by atoms with van der Waals surface area (Å²) >= 11 is 0. The summed E-state index contributed by atoms with van der Waals surface area (Å²) < 4.78 is 26.3. The molecule has 1 unspecified atom stereocenters. The number of carbonyl (C=O) groups excluding carboxylic acids is 1. The molecule has 0 radical (unpaired) electrons. The van der Waals surface area contributed by atoms with Gasteiger partial charge in [0, 0.05) is 18.8 Å². The number of halogens is 1. The van der Waals surface area contributed by atoms with E-state index < -0.39 is 11.7 Å². The van der Waals surface area contributed by atoms with Crippen LogP contribution >= 0.6 is 0 Å². The number of amides is 1. The zero-order valence-electron chi connectivity index (χ0n) is 15.4. The van der Waals surface area contributed by atoms with E-state index in [1.807, 2.05) is 32.5 Å². The molecule has 0 fully saturated rings. The van der Waals surface area contributed by atoms with Crippen molar-refractivity contribution in [2.75, 3.05) is 14.2 Å². The van der Waals surface area contributed by atoms with Crippen molar-refractivity contribution in [1.82, 2.24) is 15.1 Å². The molecule has 1 N–H and O–H groups in total. The Hall–Kier alpha value is -2.57. The number of rotatable bonds is 6. The first-order valence-corrected chi connectivity index (χ1v) is 8.00. The Kier molecular flexibility index (Phi) is 5.66. The Balaban J connectivity index is 2.22. The molecule has 0 saturated carbocycles. The van der Waals surface area contributed by atoms with Crippen LogP contribution in [0.2, 0.25) is 0 Å². The summed E-state index contributed by atoms with van der Waals surface area (Å²) in [6.45, 7) is 5.78. The second-order valence-electron chi connectivity index (χ2n) is 6.01. The summed E-state index contributed by atoms with van der Waals surface area (Å²) in [4.78, 5) is 12.6. The van der Waals surface area contributed by atoms with E-state index in [-0.39, 0.29) is 17.4 Å². The molecule has 0 bridgehead atoms. The predicted molar refractivity (Wildman–Crippen MR) is 92.8 cm³/mol. The van der Waals surface area contributed by atoms with Crippen molar-refractivity contribution in [2.45, 2.75) is 33.2 Å². The Morgan fingerprint density at radius 2 is 2.00 bits per heavy atom. The van der Waals surface area contributed by atoms with Gasteiger partial charge in [0.15, 0.2) is 11.5 Å². The Labute approximate surface area is 146 Å². The quantitative estimate of drug-likeness (QED) is 0.870. The Morgan fingerprint density at radius 1 is 1.32 bits per heavy atom. The minimum atomic E-state index is -0.656. The molecule has 1 amide bonds. The third-order valence-corrected chi connectivity index (χ3v) is 4.27. The van der Waals surface area contributed by atoms with Crippen LogP contribution in [-0.4, -0.2) is 35.9 Å². The third kappa shape index (κ3) is 3.75. The van der Waals surface area contributed by atoms with Gasteiger partial charge in [-0.05, 0) is 44.9 Å². The van der Waals surface area contributed by atoms with Gasteiger partial charge < -0.3 is 14.8 Å². The van der Waals surface area contributed by atoms with Crippen LogP contribution in [0.3, 0.4) is 0 Å². The van der Waals surface area contributed by atoms with E-state index in [1.165, 1.54) is 26.4 Å². The number of benzene rings is 1. The van der Waals surface area contributed by atoms with E-state index in [4.69, 9.17) is 9.47 Å². The Morgan fingerprint density at radius 3 is 2.52 bits per heavy atom. The summed E-state index contributed by atoms with van der Waals surface area (Å²) in [5.41, 5.74) is 2.89. The summed E-state index contributed by atoms with van der Waals surface area (Å²) in [7, 11) is 4.69. The highest BCUT2D eigenvalue weighted by Crippen LogP contribution is 2.32. The van der Waals surface area contributed by atoms with Crippen LogP contribution < -0.4 is 14.8 Å². The number of methoxy groups -OCH3 is 2. The Bertz CT molecular complexity index is 786. The van der Waals surface area contributed by atoms with Crippen LogP contribution in [0, 0.1) is 19.7 Å². The standard InChI is InChI=1S/C18H24FN3O3/c1-10(9-13-11(2)21-22(4)12(13)3)20-18(23)16-14(19)7-8-15(24-5)17(16)25-6/h7-8,10H,9H2,1-6H3,(H,20,23). The smallest absolute Gasteiger partial charge is 0.258 e. The first-order chi connectivity index (χ1) is 11.8. The van der Waals surface area contributed by atoms with Crippen LogP contribution in [0.5, 0.6) is 11.5 Å². The summed E-state index contributed by atoms with van der Waals surface area (Å²) in [6, 6.07) is 2.41. The van der Waals surface area contributed by atoms with Gasteiger partial charge in [-0.15, -0.1) is 0 Å². The van der Waals surface area contributed by atoms with E-state index in [1.54, 1.807) is 0 Å². The fourth-order valence-electron chi connectivity index (χ4n) is 2.88. The monoisotopic (exact) mass is 349 g/mol. The van der Waals surface area contributed by atoms with Gasteiger partial charge in [-0.3, -0.25) is 9.48 Å². The minimum absolute atomic E-state index is 0.0842. The second kappa shape index (κ2) is 7.55. The van der Waals surface area contributed by atoms with Gasteiger partial charge in [-0.2, -0.15) is 5.10 Å². The van der Waals surface area contributed by atoms with Gasteiger partial charge in [-0.1, -0.05) is 0 Å². The topological polar surface area (TPSA) is 65.4 Å². The SMILES string of the molecule is COc1ccc(F)c(C(=O)NC(C)Cc2c(C)nn(C)c2C)c1OC. The van der Waals surface area contributed by atoms with Gasteiger partial charge in [0.25, 0.3) is 5.91 Å². The maximum Gasteiger partial charge on any atom is 0.258 e. The van der Waals surface area contributed by atoms with Crippen molar-refractivity contribution < 1.29 is 18.7 Å². The molecular weight excluding hydrogens is 325 g/mol. The average Bonchev–Trinajstić information content (AvgIpc) is 2.80. The lowest BCUT2D eigenvalue weighted by Gasteiger charge is -2.17. The van der Waals surface area contributed by atoms with Crippen LogP contribution in [-0.2, 0) is 13.5 Å². The van der Waals surface area contributed by atoms with Crippen LogP contribution in [0.25, 0.3) is 0 Å². The molecule has 0 aliphatic heterocycles. The fourth-order valence-corrected chi connectivity index (χ4v) is 2.88. The number of hydrogen-bond acceptors (Lipinski definition) is 4. The van der Waals surface area contributed by atoms with E-state index in [2.05, 4.69) is 10.4 Å². The van der Waals surface area contributed by atoms with Crippen LogP contribution in [0.4, 0.5) is 4.39 Å². The highest BCUT2D eigenvalue weighted by atomic mass is 19.1. The molecule has 1 atom stereocenters. The second-order valence-corrected chi connectivity index (χ2v) is 6.01. The molecule has 136 valence electrons. The molecule has 2 rings (SSSR count). The number of hydrogen-bond donors (Lipinski definition) is 1. The maximum absolute atomic E-state index is 14.2. The molecule has 6 nitrogen and oxygen atoms in total. The molecule has 0 aliphatic rings. The molecule has 2 aromatic rings. The molecule has 25 heavy (non-hydrogen) atoms. The van der Waals surface area contributed by atoms with Gasteiger partial charge in [0.05, 0.1) is 19.9 Å². The molecule has 1 heterocycles. The summed E-state index contributed by atoms with van der Waals surface area (Å²) in [5, 5.41) is 7.20. The van der Waals surface area contributed by atoms with Crippen LogP contribution in [0.15, 0.2) is 12.1 Å². The minimum Gasteiger partial charge on any atom is -0.493 e. The van der Waals surface area contributed by atoms with Crippen LogP contribution in [0.1, 0.15) is 34.2 Å². The maximum atomic E-state index is 14.2. The van der Waals surface area contributed by atoms with Crippen molar-refractivity contribution in [1.29, 1.82) is 0 Å². The molecule has 0 saturated heterocycles. The zero-order valence-corrected chi connectivity index (χ0v) is 15.4. The lowest BCUT2D eigenvalue weighted by molar-refractivity contribution is 0.0932. The molecule has 0 aliphatic carbocycles.